The smallest absolute Gasteiger partial charge is 0.135 e. The Morgan fingerprint density at radius 2 is 0.579 bits per heavy atom. The molecule has 0 N–H and O–H groups in total. The minimum Gasteiger partial charge on any atom is -0.456 e. The van der Waals surface area contributed by atoms with Crippen molar-refractivity contribution in [1.82, 2.24) is 0 Å². The third-order valence-electron chi connectivity index (χ3n) is 11.7. The lowest BCUT2D eigenvalue weighted by atomic mass is 9.94. The molecule has 0 fully saturated rings. The van der Waals surface area contributed by atoms with E-state index in [0.29, 0.717) is 0 Å². The zero-order chi connectivity index (χ0) is 37.5. The molecule has 2 heterocycles. The summed E-state index contributed by atoms with van der Waals surface area (Å²) in [5, 5.41) is 12.1. The second kappa shape index (κ2) is 12.5. The molecule has 2 aromatic heterocycles. The van der Waals surface area contributed by atoms with Crippen molar-refractivity contribution in [2.75, 3.05) is 4.90 Å². The van der Waals surface area contributed by atoms with Crippen LogP contribution in [0.25, 0.3) is 98.4 Å². The lowest BCUT2D eigenvalue weighted by molar-refractivity contribution is 0.668. The molecule has 3 nitrogen and oxygen atoms in total. The van der Waals surface area contributed by atoms with Gasteiger partial charge in [0.25, 0.3) is 0 Å². The third-order valence-corrected chi connectivity index (χ3v) is 11.7. The number of furan rings is 2. The van der Waals surface area contributed by atoms with Crippen molar-refractivity contribution >= 4 is 93.3 Å². The molecule has 0 atom stereocenters. The van der Waals surface area contributed by atoms with E-state index in [4.69, 9.17) is 8.83 Å². The number of rotatable bonds is 5. The SMILES string of the molecule is c1ccc2c(c1)oc1ccc(-c3ccc(N(c4ccc(-c5ccc6oc7ccccc7c6c5)cc4)c4ccc5c6ccccc6c6ccccc6c5c4)cc3)cc12. The molecule has 3 heteroatoms. The molecule has 10 aromatic carbocycles. The van der Waals surface area contributed by atoms with Gasteiger partial charge in [0, 0.05) is 38.6 Å². The molecule has 0 saturated carbocycles. The largest absolute Gasteiger partial charge is 0.456 e. The molecule has 0 spiro atoms. The van der Waals surface area contributed by atoms with Crippen LogP contribution in [-0.4, -0.2) is 0 Å². The van der Waals surface area contributed by atoms with Crippen molar-refractivity contribution in [3.63, 3.8) is 0 Å². The van der Waals surface area contributed by atoms with Gasteiger partial charge in [-0.05, 0) is 127 Å². The first kappa shape index (κ1) is 31.7. The quantitative estimate of drug-likeness (QED) is 0.165. The van der Waals surface area contributed by atoms with Gasteiger partial charge < -0.3 is 13.7 Å². The first-order valence-corrected chi connectivity index (χ1v) is 19.4. The van der Waals surface area contributed by atoms with Crippen molar-refractivity contribution in [1.29, 1.82) is 0 Å². The number of nitrogens with zero attached hydrogens (tertiary/aromatic N) is 1. The van der Waals surface area contributed by atoms with E-state index >= 15 is 0 Å². The molecule has 0 unspecified atom stereocenters. The normalized spacial score (nSPS) is 11.9. The van der Waals surface area contributed by atoms with E-state index in [0.717, 1.165) is 83.2 Å². The summed E-state index contributed by atoms with van der Waals surface area (Å²) in [6, 6.07) is 71.8. The van der Waals surface area contributed by atoms with Gasteiger partial charge >= 0.3 is 0 Å². The van der Waals surface area contributed by atoms with Crippen LogP contribution in [0.3, 0.4) is 0 Å². The average molecular weight is 728 g/mol. The molecular formula is C54H33NO2. The van der Waals surface area contributed by atoms with Crippen LogP contribution < -0.4 is 4.90 Å². The maximum atomic E-state index is 6.13. The summed E-state index contributed by atoms with van der Waals surface area (Å²) in [5.41, 5.74) is 11.5. The van der Waals surface area contributed by atoms with Crippen LogP contribution in [0.1, 0.15) is 0 Å². The zero-order valence-electron chi connectivity index (χ0n) is 30.8. The van der Waals surface area contributed by atoms with Crippen molar-refractivity contribution in [3.05, 3.63) is 200 Å². The molecule has 0 radical (unpaired) electrons. The second-order valence-electron chi connectivity index (χ2n) is 14.9. The third kappa shape index (κ3) is 5.06. The van der Waals surface area contributed by atoms with E-state index in [1.807, 2.05) is 24.3 Å². The maximum Gasteiger partial charge on any atom is 0.135 e. The van der Waals surface area contributed by atoms with Crippen LogP contribution in [0.2, 0.25) is 0 Å². The van der Waals surface area contributed by atoms with Gasteiger partial charge in [0.05, 0.1) is 0 Å². The fourth-order valence-corrected chi connectivity index (χ4v) is 8.90. The summed E-state index contributed by atoms with van der Waals surface area (Å²) in [4.78, 5) is 2.37. The molecule has 0 aliphatic heterocycles. The summed E-state index contributed by atoms with van der Waals surface area (Å²) in [6.07, 6.45) is 0. The Bertz CT molecular complexity index is 3330. The Hall–Kier alpha value is -7.62. The Kier molecular flexibility index (Phi) is 6.93. The summed E-state index contributed by atoms with van der Waals surface area (Å²) in [7, 11) is 0. The minimum absolute atomic E-state index is 0.904. The fourth-order valence-electron chi connectivity index (χ4n) is 8.90. The van der Waals surface area contributed by atoms with Crippen LogP contribution >= 0.6 is 0 Å². The first-order chi connectivity index (χ1) is 28.2. The van der Waals surface area contributed by atoms with Crippen LogP contribution in [0.5, 0.6) is 0 Å². The molecule has 0 aliphatic carbocycles. The minimum atomic E-state index is 0.904. The van der Waals surface area contributed by atoms with Gasteiger partial charge in [-0.3, -0.25) is 0 Å². The number of fused-ring (bicyclic) bond motifs is 12. The van der Waals surface area contributed by atoms with E-state index in [-0.39, 0.29) is 0 Å². The molecule has 12 rings (SSSR count). The van der Waals surface area contributed by atoms with E-state index in [1.54, 1.807) is 0 Å². The Morgan fingerprint density at radius 1 is 0.228 bits per heavy atom. The lowest BCUT2D eigenvalue weighted by Crippen LogP contribution is -2.10. The highest BCUT2D eigenvalue weighted by Crippen LogP contribution is 2.42. The Morgan fingerprint density at radius 3 is 1.05 bits per heavy atom. The highest BCUT2D eigenvalue weighted by molar-refractivity contribution is 6.25. The maximum absolute atomic E-state index is 6.13. The highest BCUT2D eigenvalue weighted by atomic mass is 16.3. The van der Waals surface area contributed by atoms with Crippen molar-refractivity contribution < 1.29 is 8.83 Å². The van der Waals surface area contributed by atoms with E-state index < -0.39 is 0 Å². The molecule has 0 saturated heterocycles. The lowest BCUT2D eigenvalue weighted by Gasteiger charge is -2.26. The van der Waals surface area contributed by atoms with Crippen molar-refractivity contribution in [3.8, 4) is 22.3 Å². The first-order valence-electron chi connectivity index (χ1n) is 19.4. The van der Waals surface area contributed by atoms with Crippen molar-refractivity contribution in [2.45, 2.75) is 0 Å². The van der Waals surface area contributed by atoms with Crippen LogP contribution in [0, 0.1) is 0 Å². The number of benzene rings is 10. The Labute approximate surface area is 328 Å². The van der Waals surface area contributed by atoms with Gasteiger partial charge in [-0.2, -0.15) is 0 Å². The predicted molar refractivity (Wildman–Crippen MR) is 239 cm³/mol. The zero-order valence-corrected chi connectivity index (χ0v) is 30.8. The Balaban J connectivity index is 0.995. The van der Waals surface area contributed by atoms with E-state index in [1.165, 1.54) is 32.3 Å². The van der Waals surface area contributed by atoms with Gasteiger partial charge in [-0.15, -0.1) is 0 Å². The second-order valence-corrected chi connectivity index (χ2v) is 14.9. The fraction of sp³-hybridized carbons (Fsp3) is 0. The number of hydrogen-bond acceptors (Lipinski definition) is 3. The molecule has 266 valence electrons. The molecule has 0 aliphatic rings. The van der Waals surface area contributed by atoms with Gasteiger partial charge in [-0.25, -0.2) is 0 Å². The van der Waals surface area contributed by atoms with Gasteiger partial charge in [0.2, 0.25) is 0 Å². The predicted octanol–water partition coefficient (Wildman–Crippen LogP) is 15.7. The topological polar surface area (TPSA) is 29.5 Å². The van der Waals surface area contributed by atoms with Gasteiger partial charge in [0.15, 0.2) is 0 Å². The number of hydrogen-bond donors (Lipinski definition) is 0. The van der Waals surface area contributed by atoms with Gasteiger partial charge in [-0.1, -0.05) is 127 Å². The van der Waals surface area contributed by atoms with E-state index in [2.05, 4.69) is 181 Å². The van der Waals surface area contributed by atoms with Crippen LogP contribution in [0.15, 0.2) is 209 Å². The molecular weight excluding hydrogens is 695 g/mol. The van der Waals surface area contributed by atoms with Crippen LogP contribution in [0.4, 0.5) is 17.1 Å². The standard InChI is InChI=1S/C54H33NO2/c1-2-11-43-41(9-1)42-10-3-4-12-44(42)48-33-40(27-28-45(43)48)55(38-23-17-34(18-24-38)36-21-29-53-49(31-36)46-13-5-7-15-51(46)56-53)39-25-19-35(20-26-39)37-22-30-54-50(32-37)47-14-6-8-16-52(47)57-54/h1-33H. The number of anilines is 3. The van der Waals surface area contributed by atoms with E-state index in [9.17, 15) is 0 Å². The summed E-state index contributed by atoms with van der Waals surface area (Å²) >= 11 is 0. The van der Waals surface area contributed by atoms with Crippen molar-refractivity contribution in [2.24, 2.45) is 0 Å². The van der Waals surface area contributed by atoms with Gasteiger partial charge in [0.1, 0.15) is 22.3 Å². The average Bonchev–Trinajstić information content (AvgIpc) is 3.85. The summed E-state index contributed by atoms with van der Waals surface area (Å²) < 4.78 is 12.3. The molecule has 0 bridgehead atoms. The summed E-state index contributed by atoms with van der Waals surface area (Å²) in [5.74, 6) is 0. The monoisotopic (exact) mass is 727 g/mol. The molecule has 57 heavy (non-hydrogen) atoms. The highest BCUT2D eigenvalue weighted by Gasteiger charge is 2.17. The molecule has 0 amide bonds. The number of para-hydroxylation sites is 2. The van der Waals surface area contributed by atoms with Crippen LogP contribution in [-0.2, 0) is 0 Å². The molecule has 12 aromatic rings. The summed E-state index contributed by atoms with van der Waals surface area (Å²) in [6.45, 7) is 0.